The minimum absolute atomic E-state index is 0.366. The van der Waals surface area contributed by atoms with Gasteiger partial charge in [-0.15, -0.1) is 0 Å². The summed E-state index contributed by atoms with van der Waals surface area (Å²) >= 11 is 2.21. The van der Waals surface area contributed by atoms with Gasteiger partial charge < -0.3 is 4.74 Å². The van der Waals surface area contributed by atoms with Crippen LogP contribution in [0.4, 0.5) is 0 Å². The molecule has 3 nitrogen and oxygen atoms in total. The number of aromatic nitrogens is 1. The highest BCUT2D eigenvalue weighted by atomic mass is 127. The summed E-state index contributed by atoms with van der Waals surface area (Å²) < 4.78 is 7.02. The van der Waals surface area contributed by atoms with Crippen molar-refractivity contribution in [1.82, 2.24) is 4.98 Å². The summed E-state index contributed by atoms with van der Waals surface area (Å²) in [6.07, 6.45) is 1.18. The number of carbonyl (C=O) groups is 1. The van der Waals surface area contributed by atoms with Crippen LogP contribution in [0.15, 0.2) is 91.1 Å². The van der Waals surface area contributed by atoms with Gasteiger partial charge in [-0.25, -0.2) is 4.79 Å². The molecule has 0 N–H and O–H groups in total. The predicted octanol–water partition coefficient (Wildman–Crippen LogP) is 5.79. The lowest BCUT2D eigenvalue weighted by molar-refractivity contribution is 0.0373. The second kappa shape index (κ2) is 7.88. The van der Waals surface area contributed by atoms with E-state index < -0.39 is 6.10 Å². The average Bonchev–Trinajstić information content (AvgIpc) is 2.73. The number of nitrogens with zero attached hydrogens (tertiary/aromatic N) is 1. The zero-order chi connectivity index (χ0) is 18.6. The van der Waals surface area contributed by atoms with Gasteiger partial charge in [0.15, 0.2) is 6.10 Å². The number of rotatable bonds is 4. The van der Waals surface area contributed by atoms with E-state index in [1.807, 2.05) is 72.8 Å². The van der Waals surface area contributed by atoms with Gasteiger partial charge in [0.25, 0.3) is 0 Å². The number of carbonyl (C=O) groups excluding carboxylic acids is 1. The molecule has 0 radical (unpaired) electrons. The second-order valence-electron chi connectivity index (χ2n) is 6.12. The zero-order valence-electron chi connectivity index (χ0n) is 14.4. The third-order valence-electron chi connectivity index (χ3n) is 4.36. The van der Waals surface area contributed by atoms with Gasteiger partial charge in [0.05, 0.1) is 11.3 Å². The second-order valence-corrected chi connectivity index (χ2v) is 7.37. The first kappa shape index (κ1) is 17.7. The van der Waals surface area contributed by atoms with Crippen molar-refractivity contribution in [2.75, 3.05) is 0 Å². The van der Waals surface area contributed by atoms with E-state index in [2.05, 4.69) is 27.6 Å². The van der Waals surface area contributed by atoms with Crippen molar-refractivity contribution >= 4 is 39.3 Å². The molecule has 0 aliphatic carbocycles. The molecule has 0 amide bonds. The van der Waals surface area contributed by atoms with Crippen LogP contribution in [0.3, 0.4) is 0 Å². The van der Waals surface area contributed by atoms with Gasteiger partial charge in [0.1, 0.15) is 0 Å². The number of hydrogen-bond donors (Lipinski definition) is 0. The van der Waals surface area contributed by atoms with Crippen LogP contribution in [0.5, 0.6) is 0 Å². The van der Waals surface area contributed by atoms with E-state index in [0.717, 1.165) is 25.6 Å². The predicted molar refractivity (Wildman–Crippen MR) is 115 cm³/mol. The Labute approximate surface area is 171 Å². The van der Waals surface area contributed by atoms with Gasteiger partial charge in [-0.2, -0.15) is 0 Å². The van der Waals surface area contributed by atoms with Crippen molar-refractivity contribution in [3.05, 3.63) is 112 Å². The molecule has 3 aromatic carbocycles. The maximum absolute atomic E-state index is 12.8. The molecule has 4 rings (SSSR count). The molecule has 4 aromatic rings. The maximum Gasteiger partial charge on any atom is 0.339 e. The molecule has 1 unspecified atom stereocenters. The molecule has 0 saturated carbocycles. The number of pyridine rings is 1. The van der Waals surface area contributed by atoms with Crippen LogP contribution in [-0.4, -0.2) is 11.0 Å². The Bertz CT molecular complexity index is 1070. The van der Waals surface area contributed by atoms with E-state index >= 15 is 0 Å². The number of halogens is 1. The van der Waals surface area contributed by atoms with Gasteiger partial charge >= 0.3 is 5.97 Å². The molecule has 0 spiro atoms. The van der Waals surface area contributed by atoms with Crippen molar-refractivity contribution < 1.29 is 9.53 Å². The fourth-order valence-electron chi connectivity index (χ4n) is 3.02. The van der Waals surface area contributed by atoms with Gasteiger partial charge in [0.2, 0.25) is 0 Å². The van der Waals surface area contributed by atoms with Gasteiger partial charge in [-0.3, -0.25) is 4.98 Å². The molecule has 1 aromatic heterocycles. The molecule has 1 heterocycles. The highest BCUT2D eigenvalue weighted by molar-refractivity contribution is 14.1. The maximum atomic E-state index is 12.8. The highest BCUT2D eigenvalue weighted by Crippen LogP contribution is 2.31. The molecule has 4 heteroatoms. The lowest BCUT2D eigenvalue weighted by Gasteiger charge is -2.19. The third-order valence-corrected chi connectivity index (χ3v) is 5.08. The van der Waals surface area contributed by atoms with Crippen LogP contribution in [-0.2, 0) is 4.74 Å². The fraction of sp³-hybridized carbons (Fsp3) is 0.0435. The van der Waals surface area contributed by atoms with Crippen molar-refractivity contribution in [2.45, 2.75) is 6.10 Å². The van der Waals surface area contributed by atoms with Crippen LogP contribution in [0.2, 0.25) is 0 Å². The lowest BCUT2D eigenvalue weighted by Crippen LogP contribution is -2.14. The summed E-state index contributed by atoms with van der Waals surface area (Å²) in [5.74, 6) is -0.366. The summed E-state index contributed by atoms with van der Waals surface area (Å²) in [7, 11) is 0. The lowest BCUT2D eigenvalue weighted by atomic mass is 10.0. The molecule has 0 saturated heterocycles. The topological polar surface area (TPSA) is 39.2 Å². The molecule has 1 atom stereocenters. The summed E-state index contributed by atoms with van der Waals surface area (Å²) in [6.45, 7) is 0. The van der Waals surface area contributed by atoms with E-state index in [1.165, 1.54) is 0 Å². The Morgan fingerprint density at radius 3 is 2.33 bits per heavy atom. The van der Waals surface area contributed by atoms with Crippen LogP contribution in [0, 0.1) is 3.57 Å². The molecule has 0 bridgehead atoms. The van der Waals surface area contributed by atoms with Crippen molar-refractivity contribution in [1.29, 1.82) is 0 Å². The Balaban J connectivity index is 1.78. The van der Waals surface area contributed by atoms with Crippen molar-refractivity contribution in [3.63, 3.8) is 0 Å². The van der Waals surface area contributed by atoms with Gasteiger partial charge in [-0.05, 0) is 63.9 Å². The number of hydrogen-bond acceptors (Lipinski definition) is 3. The van der Waals surface area contributed by atoms with E-state index in [0.29, 0.717) is 5.56 Å². The number of fused-ring (bicyclic) bond motifs is 1. The van der Waals surface area contributed by atoms with Crippen molar-refractivity contribution in [3.8, 4) is 0 Å². The average molecular weight is 465 g/mol. The zero-order valence-corrected chi connectivity index (χ0v) is 16.5. The molecule has 0 aliphatic heterocycles. The molecule has 132 valence electrons. The molecule has 0 aliphatic rings. The van der Waals surface area contributed by atoms with Crippen LogP contribution in [0.1, 0.15) is 27.7 Å². The molecular formula is C23H16INO2. The Kier molecular flexibility index (Phi) is 5.16. The Morgan fingerprint density at radius 1 is 0.852 bits per heavy atom. The number of esters is 1. The Hall–Kier alpha value is -2.73. The van der Waals surface area contributed by atoms with Crippen LogP contribution in [0.25, 0.3) is 10.8 Å². The number of benzene rings is 3. The normalized spacial score (nSPS) is 11.9. The monoisotopic (exact) mass is 465 g/mol. The summed E-state index contributed by atoms with van der Waals surface area (Å²) in [5.41, 5.74) is 2.15. The van der Waals surface area contributed by atoms with Gasteiger partial charge in [-0.1, -0.05) is 54.6 Å². The minimum Gasteiger partial charge on any atom is -0.447 e. The molecule has 0 fully saturated rings. The highest BCUT2D eigenvalue weighted by Gasteiger charge is 2.23. The first-order valence-electron chi connectivity index (χ1n) is 8.57. The smallest absolute Gasteiger partial charge is 0.339 e. The van der Waals surface area contributed by atoms with Crippen LogP contribution < -0.4 is 0 Å². The first-order valence-corrected chi connectivity index (χ1v) is 9.65. The molecular weight excluding hydrogens is 449 g/mol. The first-order chi connectivity index (χ1) is 13.2. The Morgan fingerprint density at radius 2 is 1.56 bits per heavy atom. The quantitative estimate of drug-likeness (QED) is 0.283. The van der Waals surface area contributed by atoms with Crippen molar-refractivity contribution in [2.24, 2.45) is 0 Å². The van der Waals surface area contributed by atoms with Crippen LogP contribution >= 0.6 is 22.6 Å². The minimum atomic E-state index is -0.580. The van der Waals surface area contributed by atoms with E-state index in [-0.39, 0.29) is 5.97 Å². The van der Waals surface area contributed by atoms with Gasteiger partial charge in [0, 0.05) is 15.2 Å². The SMILES string of the molecule is O=C(OC(c1ccccc1)c1nccc2ccccc12)c1ccc(I)cc1. The molecule has 27 heavy (non-hydrogen) atoms. The largest absolute Gasteiger partial charge is 0.447 e. The fourth-order valence-corrected chi connectivity index (χ4v) is 3.38. The van der Waals surface area contributed by atoms with E-state index in [4.69, 9.17) is 4.74 Å². The summed E-state index contributed by atoms with van der Waals surface area (Å²) in [6, 6.07) is 27.0. The van der Waals surface area contributed by atoms with E-state index in [1.54, 1.807) is 18.3 Å². The number of ether oxygens (including phenoxy) is 1. The summed E-state index contributed by atoms with van der Waals surface area (Å²) in [4.78, 5) is 17.4. The third kappa shape index (κ3) is 3.85. The summed E-state index contributed by atoms with van der Waals surface area (Å²) in [5, 5.41) is 2.04. The van der Waals surface area contributed by atoms with E-state index in [9.17, 15) is 4.79 Å². The standard InChI is InChI=1S/C23H16INO2/c24-19-12-10-18(11-13-19)23(26)27-22(17-7-2-1-3-8-17)21-20-9-5-4-6-16(20)14-15-25-21/h1-15,22H.